The van der Waals surface area contributed by atoms with Gasteiger partial charge in [0.05, 0.1) is 12.5 Å². The van der Waals surface area contributed by atoms with Crippen LogP contribution in [0, 0.1) is 6.92 Å². The van der Waals surface area contributed by atoms with Crippen LogP contribution in [-0.2, 0) is 22.4 Å². The molecule has 2 amide bonds. The van der Waals surface area contributed by atoms with Crippen molar-refractivity contribution in [1.29, 1.82) is 0 Å². The molecular weight excluding hydrogens is 492 g/mol. The highest BCUT2D eigenvalue weighted by molar-refractivity contribution is 7.10. The van der Waals surface area contributed by atoms with Gasteiger partial charge in [-0.3, -0.25) is 9.59 Å². The van der Waals surface area contributed by atoms with Gasteiger partial charge in [-0.2, -0.15) is 0 Å². The summed E-state index contributed by atoms with van der Waals surface area (Å²) in [7, 11) is 0. The summed E-state index contributed by atoms with van der Waals surface area (Å²) >= 11 is 7.89. The molecule has 5 nitrogen and oxygen atoms in total. The molecule has 0 spiro atoms. The van der Waals surface area contributed by atoms with Gasteiger partial charge in [-0.25, -0.2) is 0 Å². The number of benzene rings is 2. The maximum Gasteiger partial charge on any atom is 0.242 e. The first-order valence-electron chi connectivity index (χ1n) is 12.5. The molecule has 7 heteroatoms. The van der Waals surface area contributed by atoms with Crippen LogP contribution < -0.4 is 4.74 Å². The SMILES string of the molecule is CC[C@H](C)N(CC(=O)N1CCc2sccc2[C@@H]1COc1ccc(Cl)c(C)c1)C(=O)Cc1ccccc1. The summed E-state index contributed by atoms with van der Waals surface area (Å²) in [5.41, 5.74) is 3.03. The molecule has 0 radical (unpaired) electrons. The molecule has 0 N–H and O–H groups in total. The number of ether oxygens (including phenoxy) is 1. The molecule has 1 aromatic heterocycles. The molecule has 0 saturated carbocycles. The van der Waals surface area contributed by atoms with Crippen LogP contribution in [-0.4, -0.2) is 47.4 Å². The second-order valence-electron chi connectivity index (χ2n) is 9.32. The molecule has 4 rings (SSSR count). The van der Waals surface area contributed by atoms with Crippen molar-refractivity contribution < 1.29 is 14.3 Å². The first kappa shape index (κ1) is 26.2. The highest BCUT2D eigenvalue weighted by Crippen LogP contribution is 2.34. The standard InChI is InChI=1S/C29H33ClN2O3S/c1-4-21(3)32(28(33)17-22-8-6-5-7-9-22)18-29(34)31-14-12-27-24(13-15-36-27)26(31)19-35-23-10-11-25(30)20(2)16-23/h5-11,13,15-16,21,26H,4,12,14,17-19H2,1-3H3/t21-,26-/m0/s1. The van der Waals surface area contributed by atoms with Gasteiger partial charge in [-0.15, -0.1) is 11.3 Å². The first-order valence-corrected chi connectivity index (χ1v) is 13.7. The fraction of sp³-hybridized carbons (Fsp3) is 0.379. The Balaban J connectivity index is 1.51. The van der Waals surface area contributed by atoms with E-state index in [2.05, 4.69) is 11.4 Å². The number of carbonyl (C=O) groups excluding carboxylic acids is 2. The Morgan fingerprint density at radius 2 is 1.97 bits per heavy atom. The molecule has 0 aliphatic carbocycles. The fourth-order valence-electron chi connectivity index (χ4n) is 4.58. The number of fused-ring (bicyclic) bond motifs is 1. The van der Waals surface area contributed by atoms with Crippen LogP contribution in [0.2, 0.25) is 5.02 Å². The number of halogens is 1. The van der Waals surface area contributed by atoms with Gasteiger partial charge in [0.15, 0.2) is 0 Å². The average Bonchev–Trinajstić information content (AvgIpc) is 3.37. The molecule has 2 atom stereocenters. The van der Waals surface area contributed by atoms with Gasteiger partial charge in [0.25, 0.3) is 0 Å². The molecule has 0 saturated heterocycles. The Morgan fingerprint density at radius 1 is 1.19 bits per heavy atom. The molecule has 0 unspecified atom stereocenters. The molecule has 1 aliphatic rings. The third kappa shape index (κ3) is 6.11. The number of rotatable bonds is 9. The van der Waals surface area contributed by atoms with E-state index in [9.17, 15) is 9.59 Å². The van der Waals surface area contributed by atoms with Crippen LogP contribution in [0.15, 0.2) is 60.0 Å². The lowest BCUT2D eigenvalue weighted by Crippen LogP contribution is -2.50. The fourth-order valence-corrected chi connectivity index (χ4v) is 5.62. The van der Waals surface area contributed by atoms with E-state index in [1.165, 1.54) is 4.88 Å². The van der Waals surface area contributed by atoms with E-state index in [-0.39, 0.29) is 36.9 Å². The average molecular weight is 525 g/mol. The van der Waals surface area contributed by atoms with Crippen LogP contribution >= 0.6 is 22.9 Å². The third-order valence-corrected chi connectivity index (χ3v) is 8.32. The first-order chi connectivity index (χ1) is 17.4. The molecule has 1 aliphatic heterocycles. The molecular formula is C29H33ClN2O3S. The van der Waals surface area contributed by atoms with Gasteiger partial charge in [0.2, 0.25) is 11.8 Å². The van der Waals surface area contributed by atoms with E-state index in [0.29, 0.717) is 18.2 Å². The minimum Gasteiger partial charge on any atom is -0.491 e. The molecule has 2 aromatic carbocycles. The Kier molecular flexibility index (Phi) is 8.70. The number of nitrogens with zero attached hydrogens (tertiary/aromatic N) is 2. The number of amides is 2. The second-order valence-corrected chi connectivity index (χ2v) is 10.7. The van der Waals surface area contributed by atoms with Gasteiger partial charge in [0, 0.05) is 22.5 Å². The number of hydrogen-bond donors (Lipinski definition) is 0. The van der Waals surface area contributed by atoms with Crippen molar-refractivity contribution in [3.8, 4) is 5.75 Å². The monoisotopic (exact) mass is 524 g/mol. The zero-order chi connectivity index (χ0) is 25.7. The predicted molar refractivity (Wildman–Crippen MR) is 146 cm³/mol. The predicted octanol–water partition coefficient (Wildman–Crippen LogP) is 6.08. The number of aryl methyl sites for hydroxylation is 1. The Labute approximate surface area is 222 Å². The van der Waals surface area contributed by atoms with Crippen LogP contribution in [0.25, 0.3) is 0 Å². The maximum absolute atomic E-state index is 13.7. The van der Waals surface area contributed by atoms with Crippen molar-refractivity contribution in [3.05, 3.63) is 86.6 Å². The minimum absolute atomic E-state index is 0.0263. The summed E-state index contributed by atoms with van der Waals surface area (Å²) < 4.78 is 6.16. The Hall–Kier alpha value is -2.83. The topological polar surface area (TPSA) is 49.9 Å². The summed E-state index contributed by atoms with van der Waals surface area (Å²) in [4.78, 5) is 31.9. The normalized spacial score (nSPS) is 15.8. The smallest absolute Gasteiger partial charge is 0.242 e. The summed E-state index contributed by atoms with van der Waals surface area (Å²) in [5.74, 6) is 0.655. The zero-order valence-electron chi connectivity index (χ0n) is 21.1. The zero-order valence-corrected chi connectivity index (χ0v) is 22.6. The van der Waals surface area contributed by atoms with Gasteiger partial charge in [-0.1, -0.05) is 48.9 Å². The van der Waals surface area contributed by atoms with E-state index < -0.39 is 0 Å². The third-order valence-electron chi connectivity index (χ3n) is 6.90. The van der Waals surface area contributed by atoms with Crippen molar-refractivity contribution in [3.63, 3.8) is 0 Å². The molecule has 3 aromatic rings. The number of carbonyl (C=O) groups is 2. The second kappa shape index (κ2) is 11.9. The maximum atomic E-state index is 13.7. The van der Waals surface area contributed by atoms with E-state index in [0.717, 1.165) is 35.3 Å². The highest BCUT2D eigenvalue weighted by Gasteiger charge is 2.34. The molecule has 0 fully saturated rings. The van der Waals surface area contributed by atoms with E-state index in [1.54, 1.807) is 16.2 Å². The minimum atomic E-state index is -0.202. The highest BCUT2D eigenvalue weighted by atomic mass is 35.5. The Bertz CT molecular complexity index is 1200. The van der Waals surface area contributed by atoms with Crippen LogP contribution in [0.5, 0.6) is 5.75 Å². The lowest BCUT2D eigenvalue weighted by Gasteiger charge is -2.38. The lowest BCUT2D eigenvalue weighted by molar-refractivity contribution is -0.144. The Morgan fingerprint density at radius 3 is 2.69 bits per heavy atom. The number of hydrogen-bond acceptors (Lipinski definition) is 4. The van der Waals surface area contributed by atoms with Gasteiger partial charge < -0.3 is 14.5 Å². The lowest BCUT2D eigenvalue weighted by atomic mass is 10.00. The largest absolute Gasteiger partial charge is 0.491 e. The quantitative estimate of drug-likeness (QED) is 0.340. The molecule has 190 valence electrons. The van der Waals surface area contributed by atoms with Crippen molar-refractivity contribution >= 4 is 34.8 Å². The summed E-state index contributed by atoms with van der Waals surface area (Å²) in [6.07, 6.45) is 1.89. The van der Waals surface area contributed by atoms with E-state index >= 15 is 0 Å². The summed E-state index contributed by atoms with van der Waals surface area (Å²) in [5, 5.41) is 2.77. The molecule has 2 heterocycles. The van der Waals surface area contributed by atoms with Crippen LogP contribution in [0.4, 0.5) is 0 Å². The van der Waals surface area contributed by atoms with Crippen molar-refractivity contribution in [2.45, 2.75) is 52.1 Å². The van der Waals surface area contributed by atoms with Gasteiger partial charge in [-0.05, 0) is 73.0 Å². The van der Waals surface area contributed by atoms with Crippen molar-refractivity contribution in [1.82, 2.24) is 9.80 Å². The van der Waals surface area contributed by atoms with Gasteiger partial charge in [0.1, 0.15) is 18.9 Å². The van der Waals surface area contributed by atoms with E-state index in [1.807, 2.05) is 74.2 Å². The molecule has 0 bridgehead atoms. The van der Waals surface area contributed by atoms with Crippen molar-refractivity contribution in [2.24, 2.45) is 0 Å². The van der Waals surface area contributed by atoms with Gasteiger partial charge >= 0.3 is 0 Å². The van der Waals surface area contributed by atoms with Crippen LogP contribution in [0.3, 0.4) is 0 Å². The molecule has 36 heavy (non-hydrogen) atoms. The summed E-state index contributed by atoms with van der Waals surface area (Å²) in [6.45, 7) is 7.02. The summed E-state index contributed by atoms with van der Waals surface area (Å²) in [6, 6.07) is 17.1. The number of thiophene rings is 1. The van der Waals surface area contributed by atoms with Crippen molar-refractivity contribution in [2.75, 3.05) is 19.7 Å². The van der Waals surface area contributed by atoms with E-state index in [4.69, 9.17) is 16.3 Å². The van der Waals surface area contributed by atoms with Crippen LogP contribution in [0.1, 0.15) is 47.9 Å².